The number of ether oxygens (including phenoxy) is 2. The van der Waals surface area contributed by atoms with Gasteiger partial charge in [0.1, 0.15) is 18.8 Å². The van der Waals surface area contributed by atoms with Crippen LogP contribution in [-0.2, 0) is 0 Å². The van der Waals surface area contributed by atoms with Crippen LogP contribution in [0.4, 0.5) is 5.69 Å². The molecule has 0 radical (unpaired) electrons. The molecule has 0 spiro atoms. The first-order valence-electron chi connectivity index (χ1n) is 8.90. The predicted molar refractivity (Wildman–Crippen MR) is 101 cm³/mol. The van der Waals surface area contributed by atoms with Crippen molar-refractivity contribution in [2.45, 2.75) is 37.8 Å². The number of nitrogens with zero attached hydrogens (tertiary/aromatic N) is 3. The number of rotatable bonds is 9. The van der Waals surface area contributed by atoms with E-state index in [1.54, 1.807) is 23.4 Å². The molecule has 0 amide bonds. The topological polar surface area (TPSA) is 90.1 Å². The zero-order valence-corrected chi connectivity index (χ0v) is 15.7. The highest BCUT2D eigenvalue weighted by molar-refractivity contribution is 5.68. The van der Waals surface area contributed by atoms with E-state index in [4.69, 9.17) is 9.47 Å². The summed E-state index contributed by atoms with van der Waals surface area (Å²) in [5.41, 5.74) is 0.895. The highest BCUT2D eigenvalue weighted by atomic mass is 16.5. The molecule has 0 saturated heterocycles. The van der Waals surface area contributed by atoms with Crippen molar-refractivity contribution in [2.75, 3.05) is 34.4 Å². The maximum Gasteiger partial charge on any atom is 0.163 e. The number of benzene rings is 1. The minimum absolute atomic E-state index is 0.138. The van der Waals surface area contributed by atoms with E-state index >= 15 is 0 Å². The van der Waals surface area contributed by atoms with Gasteiger partial charge in [0, 0.05) is 38.8 Å². The summed E-state index contributed by atoms with van der Waals surface area (Å²) in [6.07, 6.45) is 5.84. The molecule has 1 fully saturated rings. The molecule has 1 saturated carbocycles. The molecule has 0 unspecified atom stereocenters. The van der Waals surface area contributed by atoms with Crippen molar-refractivity contribution in [1.82, 2.24) is 10.2 Å². The largest absolute Gasteiger partial charge is 0.493 e. The highest BCUT2D eigenvalue weighted by Gasteiger charge is 2.17. The fourth-order valence-electron chi connectivity index (χ4n) is 2.87. The van der Waals surface area contributed by atoms with Gasteiger partial charge >= 0.3 is 0 Å². The lowest BCUT2D eigenvalue weighted by Gasteiger charge is -2.18. The number of aliphatic hydroxyl groups is 1. The Balaban J connectivity index is 2.01. The van der Waals surface area contributed by atoms with Gasteiger partial charge in [-0.1, -0.05) is 12.8 Å². The molecule has 0 aromatic heterocycles. The number of nitriles is 1. The van der Waals surface area contributed by atoms with Gasteiger partial charge in [0.25, 0.3) is 0 Å². The first kappa shape index (κ1) is 20.0. The lowest BCUT2D eigenvalue weighted by molar-refractivity contribution is 0.102. The Morgan fingerprint density at radius 1 is 1.38 bits per heavy atom. The Morgan fingerprint density at radius 2 is 2.12 bits per heavy atom. The summed E-state index contributed by atoms with van der Waals surface area (Å²) in [7, 11) is 5.22. The monoisotopic (exact) mass is 360 g/mol. The predicted octanol–water partition coefficient (Wildman–Crippen LogP) is 2.06. The molecule has 0 bridgehead atoms. The number of methoxy groups -OCH3 is 1. The van der Waals surface area contributed by atoms with Gasteiger partial charge in [0.2, 0.25) is 0 Å². The second-order valence-electron chi connectivity index (χ2n) is 6.69. The van der Waals surface area contributed by atoms with Crippen molar-refractivity contribution in [1.29, 1.82) is 5.26 Å². The third kappa shape index (κ3) is 5.90. The maximum atomic E-state index is 10.2. The van der Waals surface area contributed by atoms with Gasteiger partial charge in [-0.15, -0.1) is 0 Å². The van der Waals surface area contributed by atoms with E-state index in [0.717, 1.165) is 0 Å². The van der Waals surface area contributed by atoms with Crippen LogP contribution in [-0.4, -0.2) is 62.8 Å². The van der Waals surface area contributed by atoms with Crippen LogP contribution in [0.25, 0.3) is 0 Å². The lowest BCUT2D eigenvalue weighted by atomic mass is 10.1. The van der Waals surface area contributed by atoms with Crippen LogP contribution >= 0.6 is 0 Å². The summed E-state index contributed by atoms with van der Waals surface area (Å²) in [4.78, 5) is 6.08. The standard InChI is InChI=1S/C19H28N4O3/c1-23(2)13-22-17-9-19(18(25-3)8-14(17)10-20)26-12-16(24)11-21-15-6-4-5-7-15/h8-9,13,15-16,21,24H,4-7,11-12H2,1-3H3/b22-13-/t16-/m0/s1. The number of aliphatic imine (C=N–C) groups is 1. The van der Waals surface area contributed by atoms with Gasteiger partial charge in [-0.3, -0.25) is 0 Å². The first-order valence-corrected chi connectivity index (χ1v) is 8.90. The maximum absolute atomic E-state index is 10.2. The summed E-state index contributed by atoms with van der Waals surface area (Å²) in [6.45, 7) is 0.633. The van der Waals surface area contributed by atoms with Crippen molar-refractivity contribution in [3.05, 3.63) is 17.7 Å². The van der Waals surface area contributed by atoms with Crippen LogP contribution in [0, 0.1) is 11.3 Å². The third-order valence-corrected chi connectivity index (χ3v) is 4.26. The molecule has 142 valence electrons. The minimum atomic E-state index is -0.621. The van der Waals surface area contributed by atoms with E-state index in [2.05, 4.69) is 16.4 Å². The Labute approximate surface area is 155 Å². The second kappa shape index (κ2) is 10.00. The zero-order chi connectivity index (χ0) is 18.9. The zero-order valence-electron chi connectivity index (χ0n) is 15.7. The van der Waals surface area contributed by atoms with Crippen LogP contribution in [0.2, 0.25) is 0 Å². The molecule has 1 aromatic carbocycles. The van der Waals surface area contributed by atoms with Gasteiger partial charge in [0.05, 0.1) is 24.7 Å². The van der Waals surface area contributed by atoms with E-state index in [1.807, 2.05) is 14.1 Å². The van der Waals surface area contributed by atoms with Crippen LogP contribution < -0.4 is 14.8 Å². The highest BCUT2D eigenvalue weighted by Crippen LogP contribution is 2.34. The van der Waals surface area contributed by atoms with E-state index < -0.39 is 6.10 Å². The van der Waals surface area contributed by atoms with Crippen molar-refractivity contribution in [3.63, 3.8) is 0 Å². The molecule has 2 rings (SSSR count). The van der Waals surface area contributed by atoms with E-state index in [-0.39, 0.29) is 6.61 Å². The van der Waals surface area contributed by atoms with Crippen molar-refractivity contribution < 1.29 is 14.6 Å². The van der Waals surface area contributed by atoms with Crippen molar-refractivity contribution in [3.8, 4) is 17.6 Å². The van der Waals surface area contributed by atoms with Gasteiger partial charge in [-0.25, -0.2) is 4.99 Å². The number of hydrogen-bond acceptors (Lipinski definition) is 6. The smallest absolute Gasteiger partial charge is 0.163 e. The summed E-state index contributed by atoms with van der Waals surface area (Å²) < 4.78 is 11.0. The summed E-state index contributed by atoms with van der Waals surface area (Å²) in [5, 5.41) is 22.8. The van der Waals surface area contributed by atoms with Crippen molar-refractivity contribution in [2.24, 2.45) is 4.99 Å². The summed E-state index contributed by atoms with van der Waals surface area (Å²) >= 11 is 0. The fourth-order valence-corrected chi connectivity index (χ4v) is 2.87. The molecule has 7 nitrogen and oxygen atoms in total. The lowest BCUT2D eigenvalue weighted by Crippen LogP contribution is -2.36. The van der Waals surface area contributed by atoms with E-state index in [9.17, 15) is 10.4 Å². The minimum Gasteiger partial charge on any atom is -0.493 e. The number of hydrogen-bond donors (Lipinski definition) is 2. The average Bonchev–Trinajstić information content (AvgIpc) is 3.16. The molecule has 0 heterocycles. The van der Waals surface area contributed by atoms with Gasteiger partial charge in [0.15, 0.2) is 11.5 Å². The Bertz CT molecular complexity index is 649. The first-order chi connectivity index (χ1) is 12.5. The fraction of sp³-hybridized carbons (Fsp3) is 0.579. The summed E-state index contributed by atoms with van der Waals surface area (Å²) in [5.74, 6) is 0.902. The normalized spacial score (nSPS) is 15.8. The van der Waals surface area contributed by atoms with Crippen molar-refractivity contribution >= 4 is 12.0 Å². The quantitative estimate of drug-likeness (QED) is 0.517. The van der Waals surface area contributed by atoms with E-state index in [0.29, 0.717) is 35.3 Å². The van der Waals surface area contributed by atoms with Crippen LogP contribution in [0.5, 0.6) is 11.5 Å². The van der Waals surface area contributed by atoms with Gasteiger partial charge < -0.3 is 24.8 Å². The van der Waals surface area contributed by atoms with E-state index in [1.165, 1.54) is 32.8 Å². The number of aliphatic hydroxyl groups excluding tert-OH is 1. The molecule has 0 aliphatic heterocycles. The Morgan fingerprint density at radius 3 is 2.73 bits per heavy atom. The molecular weight excluding hydrogens is 332 g/mol. The second-order valence-corrected chi connectivity index (χ2v) is 6.69. The molecular formula is C19H28N4O3. The molecule has 26 heavy (non-hydrogen) atoms. The molecule has 1 aliphatic carbocycles. The molecule has 1 atom stereocenters. The van der Waals surface area contributed by atoms with Gasteiger partial charge in [-0.2, -0.15) is 5.26 Å². The Hall–Kier alpha value is -2.30. The molecule has 1 aromatic rings. The average molecular weight is 360 g/mol. The molecule has 2 N–H and O–H groups in total. The van der Waals surface area contributed by atoms with Crippen LogP contribution in [0.15, 0.2) is 17.1 Å². The summed E-state index contributed by atoms with van der Waals surface area (Å²) in [6, 6.07) is 5.87. The third-order valence-electron chi connectivity index (χ3n) is 4.26. The SMILES string of the molecule is COc1cc(C#N)c(/N=C\N(C)C)cc1OC[C@@H](O)CNC1CCCC1. The molecule has 7 heteroatoms. The van der Waals surface area contributed by atoms with Gasteiger partial charge in [-0.05, 0) is 12.8 Å². The Kier molecular flexibility index (Phi) is 7.70. The molecule has 1 aliphatic rings. The van der Waals surface area contributed by atoms with Crippen LogP contribution in [0.3, 0.4) is 0 Å². The van der Waals surface area contributed by atoms with Crippen LogP contribution in [0.1, 0.15) is 31.2 Å². The number of nitrogens with one attached hydrogen (secondary N) is 1.